The third kappa shape index (κ3) is 2.76. The van der Waals surface area contributed by atoms with Crippen molar-refractivity contribution in [3.05, 3.63) is 53.6 Å². The lowest BCUT2D eigenvalue weighted by Crippen LogP contribution is -2.05. The molecule has 0 radical (unpaired) electrons. The zero-order valence-corrected chi connectivity index (χ0v) is 13.7. The van der Waals surface area contributed by atoms with Gasteiger partial charge in [-0.25, -0.2) is 0 Å². The number of aromatic amines is 1. The molecule has 1 aliphatic carbocycles. The summed E-state index contributed by atoms with van der Waals surface area (Å²) in [6.07, 6.45) is 3.48. The van der Waals surface area contributed by atoms with Gasteiger partial charge in [0.1, 0.15) is 0 Å². The van der Waals surface area contributed by atoms with Gasteiger partial charge in [-0.15, -0.1) is 10.2 Å². The Morgan fingerprint density at radius 3 is 2.88 bits per heavy atom. The van der Waals surface area contributed by atoms with Gasteiger partial charge in [0.15, 0.2) is 5.69 Å². The highest BCUT2D eigenvalue weighted by atomic mass is 32.1. The van der Waals surface area contributed by atoms with Crippen LogP contribution in [0.4, 0.5) is 11.4 Å². The maximum Gasteiger partial charge on any atom is 0.218 e. The van der Waals surface area contributed by atoms with Gasteiger partial charge in [0.25, 0.3) is 0 Å². The minimum atomic E-state index is -0.0136. The van der Waals surface area contributed by atoms with Gasteiger partial charge in [-0.1, -0.05) is 24.3 Å². The van der Waals surface area contributed by atoms with Crippen LogP contribution < -0.4 is 5.32 Å². The maximum atomic E-state index is 9.97. The molecular weight excluding hydrogens is 320 g/mol. The van der Waals surface area contributed by atoms with Crippen LogP contribution in [0.1, 0.15) is 17.5 Å². The monoisotopic (exact) mass is 336 g/mol. The van der Waals surface area contributed by atoms with Gasteiger partial charge in [-0.2, -0.15) is 0 Å². The van der Waals surface area contributed by atoms with E-state index in [1.54, 1.807) is 0 Å². The zero-order chi connectivity index (χ0) is 16.5. The first-order valence-corrected chi connectivity index (χ1v) is 8.26. The van der Waals surface area contributed by atoms with Gasteiger partial charge >= 0.3 is 0 Å². The molecule has 0 amide bonds. The second kappa shape index (κ2) is 6.05. The predicted molar refractivity (Wildman–Crippen MR) is 99.2 cm³/mol. The van der Waals surface area contributed by atoms with Gasteiger partial charge in [0.05, 0.1) is 5.52 Å². The molecule has 1 aromatic heterocycles. The number of para-hydroxylation sites is 1. The van der Waals surface area contributed by atoms with Gasteiger partial charge in [0.2, 0.25) is 11.0 Å². The molecule has 0 atom stereocenters. The van der Waals surface area contributed by atoms with Crippen LogP contribution in [-0.2, 0) is 12.8 Å². The fraction of sp³-hybridized carbons (Fsp3) is 0.167. The molecule has 3 N–H and O–H groups in total. The Hall–Kier alpha value is -2.73. The maximum absolute atomic E-state index is 9.97. The molecular formula is C18H16N4OS. The van der Waals surface area contributed by atoms with E-state index in [2.05, 4.69) is 32.7 Å². The first-order valence-electron chi connectivity index (χ1n) is 7.85. The second-order valence-corrected chi connectivity index (χ2v) is 6.22. The highest BCUT2D eigenvalue weighted by Crippen LogP contribution is 2.35. The molecule has 5 nitrogen and oxygen atoms in total. The first-order chi connectivity index (χ1) is 11.7. The summed E-state index contributed by atoms with van der Waals surface area (Å²) in [6.45, 7) is 0. The number of rotatable bonds is 2. The van der Waals surface area contributed by atoms with Crippen molar-refractivity contribution in [2.24, 2.45) is 10.2 Å². The molecule has 0 saturated carbocycles. The lowest BCUT2D eigenvalue weighted by molar-refractivity contribution is 0.459. The van der Waals surface area contributed by atoms with Crippen LogP contribution in [0.3, 0.4) is 0 Å². The predicted octanol–water partition coefficient (Wildman–Crippen LogP) is 4.84. The quantitative estimate of drug-likeness (QED) is 0.463. The Morgan fingerprint density at radius 1 is 1.12 bits per heavy atom. The number of nitrogens with zero attached hydrogens (tertiary/aromatic N) is 2. The zero-order valence-electron chi connectivity index (χ0n) is 12.9. The molecule has 4 rings (SSSR count). The highest BCUT2D eigenvalue weighted by Gasteiger charge is 2.12. The SMILES string of the molecule is Oc1[nH]c2ccccc2c1N=NC(=S)Nc1ccc2c(c1)CCC2. The molecule has 0 saturated heterocycles. The van der Waals surface area contributed by atoms with Gasteiger partial charge < -0.3 is 15.4 Å². The number of aromatic hydroxyl groups is 1. The van der Waals surface area contributed by atoms with E-state index < -0.39 is 0 Å². The van der Waals surface area contributed by atoms with Crippen molar-refractivity contribution in [2.75, 3.05) is 5.32 Å². The van der Waals surface area contributed by atoms with Crippen molar-refractivity contribution in [3.63, 3.8) is 0 Å². The third-order valence-electron chi connectivity index (χ3n) is 4.25. The summed E-state index contributed by atoms with van der Waals surface area (Å²) in [5.41, 5.74) is 4.90. The summed E-state index contributed by atoms with van der Waals surface area (Å²) in [5.74, 6) is -0.0136. The van der Waals surface area contributed by atoms with Crippen molar-refractivity contribution in [1.29, 1.82) is 0 Å². The van der Waals surface area contributed by atoms with Crippen molar-refractivity contribution in [1.82, 2.24) is 4.98 Å². The molecule has 0 bridgehead atoms. The van der Waals surface area contributed by atoms with E-state index in [0.717, 1.165) is 29.4 Å². The molecule has 24 heavy (non-hydrogen) atoms. The van der Waals surface area contributed by atoms with Crippen molar-refractivity contribution in [3.8, 4) is 5.88 Å². The molecule has 0 fully saturated rings. The lowest BCUT2D eigenvalue weighted by atomic mass is 10.1. The van der Waals surface area contributed by atoms with Crippen LogP contribution in [0.2, 0.25) is 0 Å². The standard InChI is InChI=1S/C18H16N4OS/c23-17-16(14-6-1-2-7-15(14)20-17)21-22-18(24)19-13-9-8-11-4-3-5-12(11)10-13/h1-2,6-10,20,23H,3-5H2,(H,19,24). The van der Waals surface area contributed by atoms with Gasteiger partial charge in [0, 0.05) is 11.1 Å². The topological polar surface area (TPSA) is 72.8 Å². The molecule has 2 aromatic carbocycles. The fourth-order valence-corrected chi connectivity index (χ4v) is 3.27. The van der Waals surface area contributed by atoms with E-state index in [4.69, 9.17) is 12.2 Å². The van der Waals surface area contributed by atoms with Crippen molar-refractivity contribution >= 4 is 39.6 Å². The van der Waals surface area contributed by atoms with E-state index >= 15 is 0 Å². The van der Waals surface area contributed by atoms with Crippen LogP contribution in [-0.4, -0.2) is 15.2 Å². The van der Waals surface area contributed by atoms with Gasteiger partial charge in [-0.05, 0) is 60.8 Å². The van der Waals surface area contributed by atoms with Crippen LogP contribution >= 0.6 is 12.2 Å². The van der Waals surface area contributed by atoms with Crippen LogP contribution in [0.25, 0.3) is 10.9 Å². The lowest BCUT2D eigenvalue weighted by Gasteiger charge is -2.06. The summed E-state index contributed by atoms with van der Waals surface area (Å²) in [7, 11) is 0. The smallest absolute Gasteiger partial charge is 0.218 e. The number of benzene rings is 2. The minimum absolute atomic E-state index is 0.0136. The van der Waals surface area contributed by atoms with Crippen molar-refractivity contribution in [2.45, 2.75) is 19.3 Å². The highest BCUT2D eigenvalue weighted by molar-refractivity contribution is 7.80. The first kappa shape index (κ1) is 14.8. The van der Waals surface area contributed by atoms with E-state index in [1.165, 1.54) is 17.5 Å². The van der Waals surface area contributed by atoms with Crippen LogP contribution in [0.15, 0.2) is 52.7 Å². The normalized spacial score (nSPS) is 13.5. The Morgan fingerprint density at radius 2 is 1.96 bits per heavy atom. The summed E-state index contributed by atoms with van der Waals surface area (Å²) < 4.78 is 0. The number of anilines is 1. The average molecular weight is 336 g/mol. The van der Waals surface area contributed by atoms with E-state index in [0.29, 0.717) is 5.69 Å². The third-order valence-corrected chi connectivity index (χ3v) is 4.43. The molecule has 6 heteroatoms. The molecule has 0 spiro atoms. The molecule has 3 aromatic rings. The molecule has 1 aliphatic rings. The molecule has 0 aliphatic heterocycles. The summed E-state index contributed by atoms with van der Waals surface area (Å²) in [4.78, 5) is 2.87. The minimum Gasteiger partial charge on any atom is -0.493 e. The Labute approximate surface area is 144 Å². The van der Waals surface area contributed by atoms with E-state index in [-0.39, 0.29) is 11.0 Å². The summed E-state index contributed by atoms with van der Waals surface area (Å²) >= 11 is 5.24. The van der Waals surface area contributed by atoms with E-state index in [9.17, 15) is 5.11 Å². The number of hydrogen-bond acceptors (Lipinski definition) is 3. The Bertz CT molecular complexity index is 961. The number of aromatic nitrogens is 1. The molecule has 120 valence electrons. The summed E-state index contributed by atoms with van der Waals surface area (Å²) in [6, 6.07) is 13.8. The van der Waals surface area contributed by atoms with Crippen molar-refractivity contribution < 1.29 is 5.11 Å². The Kier molecular flexibility index (Phi) is 3.74. The number of aryl methyl sites for hydroxylation is 2. The number of azo groups is 1. The summed E-state index contributed by atoms with van der Waals surface area (Å²) in [5, 5.41) is 22.3. The number of thiocarbonyl (C=S) groups is 1. The van der Waals surface area contributed by atoms with Gasteiger partial charge in [-0.3, -0.25) is 0 Å². The Balaban J connectivity index is 1.53. The molecule has 1 heterocycles. The fourth-order valence-electron chi connectivity index (χ4n) is 3.11. The largest absolute Gasteiger partial charge is 0.493 e. The average Bonchev–Trinajstić information content (AvgIpc) is 3.16. The van der Waals surface area contributed by atoms with Crippen LogP contribution in [0, 0.1) is 0 Å². The van der Waals surface area contributed by atoms with E-state index in [1.807, 2.05) is 30.3 Å². The second-order valence-electron chi connectivity index (χ2n) is 5.83. The van der Waals surface area contributed by atoms with Crippen LogP contribution in [0.5, 0.6) is 5.88 Å². The molecule has 0 unspecified atom stereocenters. The number of fused-ring (bicyclic) bond motifs is 2. The number of nitrogens with one attached hydrogen (secondary N) is 2. The number of hydrogen-bond donors (Lipinski definition) is 3. The number of H-pyrrole nitrogens is 1.